The van der Waals surface area contributed by atoms with Gasteiger partial charge in [-0.1, -0.05) is 0 Å². The molecule has 1 aromatic rings. The van der Waals surface area contributed by atoms with Crippen LogP contribution in [0.3, 0.4) is 0 Å². The molecule has 0 aliphatic rings. The summed E-state index contributed by atoms with van der Waals surface area (Å²) in [6.45, 7) is 0. The number of ether oxygens (including phenoxy) is 2. The number of aliphatic hydroxyl groups excluding tert-OH is 1. The van der Waals surface area contributed by atoms with Gasteiger partial charge in [0, 0.05) is 0 Å². The number of hydrogen-bond acceptors (Lipinski definition) is 6. The van der Waals surface area contributed by atoms with Gasteiger partial charge >= 0.3 is 12.0 Å². The molecule has 0 atom stereocenters. The van der Waals surface area contributed by atoms with Gasteiger partial charge in [0.25, 0.3) is 5.17 Å². The maximum Gasteiger partial charge on any atom is 0.324 e. The smallest absolute Gasteiger partial charge is 0.324 e. The molecule has 1 rings (SSSR count). The van der Waals surface area contributed by atoms with E-state index in [2.05, 4.69) is 32.5 Å². The summed E-state index contributed by atoms with van der Waals surface area (Å²) >= 11 is 4.40. The molecule has 76 valence electrons. The third-order valence-corrected chi connectivity index (χ3v) is 1.28. The van der Waals surface area contributed by atoms with Crippen LogP contribution in [0.2, 0.25) is 0 Å². The van der Waals surface area contributed by atoms with Gasteiger partial charge in [0.2, 0.25) is 5.95 Å². The van der Waals surface area contributed by atoms with Crippen LogP contribution in [0, 0.1) is 0 Å². The van der Waals surface area contributed by atoms with Crippen molar-refractivity contribution in [3.63, 3.8) is 0 Å². The summed E-state index contributed by atoms with van der Waals surface area (Å²) in [6.07, 6.45) is 0. The average Bonchev–Trinajstić information content (AvgIpc) is 2.16. The van der Waals surface area contributed by atoms with Crippen molar-refractivity contribution in [2.75, 3.05) is 19.5 Å². The second-order valence-corrected chi connectivity index (χ2v) is 2.45. The van der Waals surface area contributed by atoms with Crippen LogP contribution >= 0.6 is 12.2 Å². The molecule has 2 N–H and O–H groups in total. The SMILES string of the molecule is COc1nc(NC(O)=S)nc(OC)n1. The number of aliphatic hydroxyl groups is 1. The van der Waals surface area contributed by atoms with Gasteiger partial charge in [0.15, 0.2) is 0 Å². The van der Waals surface area contributed by atoms with E-state index in [-0.39, 0.29) is 18.0 Å². The van der Waals surface area contributed by atoms with Gasteiger partial charge in [0.05, 0.1) is 14.2 Å². The Morgan fingerprint density at radius 1 is 1.21 bits per heavy atom. The number of thiocarbonyl (C=S) groups is 1. The minimum atomic E-state index is -0.444. The predicted molar refractivity (Wildman–Crippen MR) is 51.8 cm³/mol. The zero-order valence-corrected chi connectivity index (χ0v) is 8.33. The summed E-state index contributed by atoms with van der Waals surface area (Å²) in [5.41, 5.74) is 0. The molecule has 1 heterocycles. The summed E-state index contributed by atoms with van der Waals surface area (Å²) in [6, 6.07) is 0.131. The summed E-state index contributed by atoms with van der Waals surface area (Å²) in [4.78, 5) is 11.3. The van der Waals surface area contributed by atoms with E-state index in [1.807, 2.05) is 0 Å². The van der Waals surface area contributed by atoms with E-state index in [0.717, 1.165) is 0 Å². The van der Waals surface area contributed by atoms with Crippen molar-refractivity contribution >= 4 is 23.3 Å². The molecule has 0 unspecified atom stereocenters. The number of anilines is 1. The molecule has 0 saturated heterocycles. The number of nitrogens with zero attached hydrogens (tertiary/aromatic N) is 3. The van der Waals surface area contributed by atoms with E-state index in [4.69, 9.17) is 14.6 Å². The van der Waals surface area contributed by atoms with Crippen molar-refractivity contribution in [3.8, 4) is 12.0 Å². The number of aromatic nitrogens is 3. The summed E-state index contributed by atoms with van der Waals surface area (Å²) in [5.74, 6) is 0.0567. The molecule has 0 radical (unpaired) electrons. The Morgan fingerprint density at radius 2 is 1.71 bits per heavy atom. The molecular formula is C6H8N4O3S. The Balaban J connectivity index is 2.98. The van der Waals surface area contributed by atoms with Gasteiger partial charge in [-0.3, -0.25) is 5.32 Å². The van der Waals surface area contributed by atoms with Crippen LogP contribution in [0.15, 0.2) is 0 Å². The molecule has 0 amide bonds. The van der Waals surface area contributed by atoms with E-state index < -0.39 is 5.17 Å². The molecule has 0 aliphatic heterocycles. The molecule has 8 heteroatoms. The fourth-order valence-corrected chi connectivity index (χ4v) is 0.763. The normalized spacial score (nSPS) is 9.29. The monoisotopic (exact) mass is 216 g/mol. The number of nitrogens with one attached hydrogen (secondary N) is 1. The molecule has 0 saturated carbocycles. The second kappa shape index (κ2) is 4.51. The fraction of sp³-hybridized carbons (Fsp3) is 0.333. The van der Waals surface area contributed by atoms with E-state index in [1.165, 1.54) is 14.2 Å². The molecule has 1 aromatic heterocycles. The molecular weight excluding hydrogens is 208 g/mol. The topological polar surface area (TPSA) is 89.4 Å². The molecule has 0 aliphatic carbocycles. The van der Waals surface area contributed by atoms with Gasteiger partial charge in [-0.05, 0) is 12.2 Å². The average molecular weight is 216 g/mol. The van der Waals surface area contributed by atoms with Crippen molar-refractivity contribution in [2.45, 2.75) is 0 Å². The molecule has 0 aromatic carbocycles. The third kappa shape index (κ3) is 2.66. The number of rotatable bonds is 3. The van der Waals surface area contributed by atoms with Crippen LogP contribution in [0.5, 0.6) is 12.0 Å². The Kier molecular flexibility index (Phi) is 3.35. The largest absolute Gasteiger partial charge is 0.486 e. The van der Waals surface area contributed by atoms with E-state index >= 15 is 0 Å². The molecule has 0 bridgehead atoms. The van der Waals surface area contributed by atoms with E-state index in [1.54, 1.807) is 0 Å². The Labute approximate surface area is 85.1 Å². The Hall–Kier alpha value is -1.70. The van der Waals surface area contributed by atoms with Gasteiger partial charge in [-0.2, -0.15) is 9.97 Å². The highest BCUT2D eigenvalue weighted by atomic mass is 32.1. The third-order valence-electron chi connectivity index (χ3n) is 1.18. The number of methoxy groups -OCH3 is 2. The first kappa shape index (κ1) is 10.4. The highest BCUT2D eigenvalue weighted by Crippen LogP contribution is 2.11. The molecule has 0 spiro atoms. The first-order valence-electron chi connectivity index (χ1n) is 3.49. The van der Waals surface area contributed by atoms with Gasteiger partial charge in [-0.15, -0.1) is 4.98 Å². The van der Waals surface area contributed by atoms with Crippen molar-refractivity contribution in [1.82, 2.24) is 15.0 Å². The zero-order chi connectivity index (χ0) is 10.6. The maximum absolute atomic E-state index is 8.77. The van der Waals surface area contributed by atoms with Gasteiger partial charge < -0.3 is 14.6 Å². The quantitative estimate of drug-likeness (QED) is 0.690. The minimum Gasteiger partial charge on any atom is -0.486 e. The second-order valence-electron chi connectivity index (χ2n) is 2.06. The van der Waals surface area contributed by atoms with E-state index in [0.29, 0.717) is 0 Å². The van der Waals surface area contributed by atoms with Gasteiger partial charge in [-0.25, -0.2) is 0 Å². The minimum absolute atomic E-state index is 0.0567. The highest BCUT2D eigenvalue weighted by molar-refractivity contribution is 7.80. The van der Waals surface area contributed by atoms with Crippen molar-refractivity contribution in [2.24, 2.45) is 0 Å². The van der Waals surface area contributed by atoms with Gasteiger partial charge in [0.1, 0.15) is 0 Å². The van der Waals surface area contributed by atoms with Crippen molar-refractivity contribution in [3.05, 3.63) is 0 Å². The number of hydrogen-bond donors (Lipinski definition) is 2. The predicted octanol–water partition coefficient (Wildman–Crippen LogP) is 0.144. The first-order chi connectivity index (χ1) is 6.65. The van der Waals surface area contributed by atoms with Crippen LogP contribution in [0.1, 0.15) is 0 Å². The van der Waals surface area contributed by atoms with Crippen LogP contribution in [0.25, 0.3) is 0 Å². The Bertz CT molecular complexity index is 324. The van der Waals surface area contributed by atoms with Crippen LogP contribution < -0.4 is 14.8 Å². The summed E-state index contributed by atoms with van der Waals surface area (Å²) in [7, 11) is 2.80. The fourth-order valence-electron chi connectivity index (χ4n) is 0.672. The molecule has 0 fully saturated rings. The molecule has 14 heavy (non-hydrogen) atoms. The van der Waals surface area contributed by atoms with Crippen molar-refractivity contribution in [1.29, 1.82) is 0 Å². The molecule has 7 nitrogen and oxygen atoms in total. The lowest BCUT2D eigenvalue weighted by atomic mass is 10.8. The lowest BCUT2D eigenvalue weighted by Gasteiger charge is -2.04. The lowest BCUT2D eigenvalue weighted by molar-refractivity contribution is 0.341. The van der Waals surface area contributed by atoms with E-state index in [9.17, 15) is 0 Å². The van der Waals surface area contributed by atoms with Crippen molar-refractivity contribution < 1.29 is 14.6 Å². The zero-order valence-electron chi connectivity index (χ0n) is 7.51. The maximum atomic E-state index is 8.77. The Morgan fingerprint density at radius 3 is 2.07 bits per heavy atom. The summed E-state index contributed by atoms with van der Waals surface area (Å²) < 4.78 is 9.54. The highest BCUT2D eigenvalue weighted by Gasteiger charge is 2.07. The summed E-state index contributed by atoms with van der Waals surface area (Å²) in [5, 5.41) is 10.6. The lowest BCUT2D eigenvalue weighted by Crippen LogP contribution is -2.12. The first-order valence-corrected chi connectivity index (χ1v) is 3.90. The van der Waals surface area contributed by atoms with Crippen LogP contribution in [-0.2, 0) is 0 Å². The van der Waals surface area contributed by atoms with Crippen LogP contribution in [0.4, 0.5) is 5.95 Å². The van der Waals surface area contributed by atoms with Crippen LogP contribution in [-0.4, -0.2) is 39.5 Å². The standard InChI is InChI=1S/C6H8N4O3S/c1-12-4-7-3(9-6(11)14)8-5(10-4)13-2/h1-2H3,(H2,7,8,9,10,11,14).